The number of aryl methyl sites for hydroxylation is 1. The molecule has 13 heavy (non-hydrogen) atoms. The lowest BCUT2D eigenvalue weighted by molar-refractivity contribution is -0.118. The molecule has 0 aromatic carbocycles. The first-order chi connectivity index (χ1) is 6.16. The second kappa shape index (κ2) is 2.96. The summed E-state index contributed by atoms with van der Waals surface area (Å²) in [6.07, 6.45) is 1.69. The summed E-state index contributed by atoms with van der Waals surface area (Å²) in [5.74, 6) is -0.686. The summed E-state index contributed by atoms with van der Waals surface area (Å²) in [4.78, 5) is 23.1. The molecule has 0 bridgehead atoms. The van der Waals surface area contributed by atoms with E-state index < -0.39 is 5.97 Å². The maximum absolute atomic E-state index is 11.1. The Hall–Kier alpha value is -1.16. The van der Waals surface area contributed by atoms with Crippen LogP contribution in [0, 0.1) is 0 Å². The molecule has 1 aliphatic carbocycles. The predicted molar refractivity (Wildman–Crippen MR) is 48.3 cm³/mol. The molecule has 0 unspecified atom stereocenters. The summed E-state index contributed by atoms with van der Waals surface area (Å²) in [7, 11) is 0. The van der Waals surface area contributed by atoms with Crippen molar-refractivity contribution in [2.75, 3.05) is 0 Å². The number of hydrogen-bond donors (Lipinski definition) is 1. The molecular formula is C9H8O3S. The van der Waals surface area contributed by atoms with Crippen LogP contribution < -0.4 is 0 Å². The average Bonchev–Trinajstić information content (AvgIpc) is 2.46. The number of carboxylic acids is 1. The lowest BCUT2D eigenvalue weighted by Gasteiger charge is -2.07. The van der Waals surface area contributed by atoms with Gasteiger partial charge in [0.2, 0.25) is 0 Å². The van der Waals surface area contributed by atoms with Gasteiger partial charge in [0.25, 0.3) is 0 Å². The Kier molecular flexibility index (Phi) is 1.92. The first-order valence-corrected chi connectivity index (χ1v) is 4.85. The van der Waals surface area contributed by atoms with Crippen molar-refractivity contribution in [3.05, 3.63) is 21.4 Å². The Bertz CT molecular complexity index is 378. The minimum atomic E-state index is -0.896. The van der Waals surface area contributed by atoms with Crippen LogP contribution in [-0.2, 0) is 17.6 Å². The second-order valence-corrected chi connectivity index (χ2v) is 4.22. The highest BCUT2D eigenvalue weighted by atomic mass is 32.1. The first-order valence-electron chi connectivity index (χ1n) is 4.03. The molecule has 0 atom stereocenters. The highest BCUT2D eigenvalue weighted by Gasteiger charge is 2.20. The number of hydrogen-bond acceptors (Lipinski definition) is 3. The van der Waals surface area contributed by atoms with Gasteiger partial charge in [-0.1, -0.05) is 0 Å². The van der Waals surface area contributed by atoms with E-state index in [1.165, 1.54) is 11.3 Å². The zero-order valence-corrected chi connectivity index (χ0v) is 7.69. The third-order valence-corrected chi connectivity index (χ3v) is 3.35. The summed E-state index contributed by atoms with van der Waals surface area (Å²) < 4.78 is 0. The molecule has 1 N–H and O–H groups in total. The normalized spacial score (nSPS) is 15.5. The summed E-state index contributed by atoms with van der Waals surface area (Å²) in [6, 6.07) is 1.62. The van der Waals surface area contributed by atoms with Crippen molar-refractivity contribution in [2.24, 2.45) is 0 Å². The molecule has 0 saturated heterocycles. The summed E-state index contributed by atoms with van der Waals surface area (Å²) in [5.41, 5.74) is 0.915. The monoisotopic (exact) mass is 196 g/mol. The van der Waals surface area contributed by atoms with Crippen LogP contribution in [0.3, 0.4) is 0 Å². The SMILES string of the molecule is O=C1CCc2sc(C(=O)O)cc2C1. The summed E-state index contributed by atoms with van der Waals surface area (Å²) in [6.45, 7) is 0. The molecule has 1 heterocycles. The van der Waals surface area contributed by atoms with Crippen molar-refractivity contribution in [2.45, 2.75) is 19.3 Å². The first kappa shape index (κ1) is 8.44. The molecule has 0 spiro atoms. The highest BCUT2D eigenvalue weighted by Crippen LogP contribution is 2.28. The van der Waals surface area contributed by atoms with E-state index in [4.69, 9.17) is 5.11 Å². The topological polar surface area (TPSA) is 54.4 Å². The lowest BCUT2D eigenvalue weighted by atomic mass is 9.98. The van der Waals surface area contributed by atoms with Crippen LogP contribution in [0.2, 0.25) is 0 Å². The standard InChI is InChI=1S/C9H8O3S/c10-6-1-2-7-5(3-6)4-8(13-7)9(11)12/h4H,1-3H2,(H,11,12). The van der Waals surface area contributed by atoms with Crippen LogP contribution in [0.15, 0.2) is 6.07 Å². The summed E-state index contributed by atoms with van der Waals surface area (Å²) in [5, 5.41) is 8.73. The molecule has 0 fully saturated rings. The minimum Gasteiger partial charge on any atom is -0.477 e. The lowest BCUT2D eigenvalue weighted by Crippen LogP contribution is -2.10. The van der Waals surface area contributed by atoms with Gasteiger partial charge in [-0.05, 0) is 18.1 Å². The predicted octanol–water partition coefficient (Wildman–Crippen LogP) is 1.50. The Morgan fingerprint density at radius 3 is 2.92 bits per heavy atom. The number of ketones is 1. The molecule has 0 saturated carbocycles. The van der Waals surface area contributed by atoms with E-state index >= 15 is 0 Å². The van der Waals surface area contributed by atoms with Gasteiger partial charge in [-0.3, -0.25) is 4.79 Å². The molecule has 1 aromatic heterocycles. The fourth-order valence-electron chi connectivity index (χ4n) is 1.49. The van der Waals surface area contributed by atoms with Gasteiger partial charge in [0.1, 0.15) is 10.7 Å². The molecular weight excluding hydrogens is 188 g/mol. The van der Waals surface area contributed by atoms with E-state index in [2.05, 4.69) is 0 Å². The van der Waals surface area contributed by atoms with Crippen LogP contribution >= 0.6 is 11.3 Å². The molecule has 4 heteroatoms. The molecule has 1 aromatic rings. The number of fused-ring (bicyclic) bond motifs is 1. The third-order valence-electron chi connectivity index (χ3n) is 2.13. The van der Waals surface area contributed by atoms with Crippen LogP contribution in [0.25, 0.3) is 0 Å². The number of carboxylic acid groups (broad SMARTS) is 1. The zero-order valence-electron chi connectivity index (χ0n) is 6.87. The quantitative estimate of drug-likeness (QED) is 0.740. The Morgan fingerprint density at radius 1 is 1.46 bits per heavy atom. The molecule has 3 nitrogen and oxygen atoms in total. The van der Waals surface area contributed by atoms with Crippen molar-refractivity contribution >= 4 is 23.1 Å². The van der Waals surface area contributed by atoms with Crippen molar-refractivity contribution < 1.29 is 14.7 Å². The number of thiophene rings is 1. The molecule has 2 rings (SSSR count). The van der Waals surface area contributed by atoms with Crippen LogP contribution in [0.4, 0.5) is 0 Å². The molecule has 0 amide bonds. The molecule has 0 aliphatic heterocycles. The number of carbonyl (C=O) groups excluding carboxylic acids is 1. The van der Waals surface area contributed by atoms with E-state index in [9.17, 15) is 9.59 Å². The summed E-state index contributed by atoms with van der Waals surface area (Å²) >= 11 is 1.29. The average molecular weight is 196 g/mol. The van der Waals surface area contributed by atoms with E-state index in [1.54, 1.807) is 6.07 Å². The minimum absolute atomic E-state index is 0.210. The third kappa shape index (κ3) is 1.49. The Balaban J connectivity index is 2.39. The maximum atomic E-state index is 11.1. The van der Waals surface area contributed by atoms with Crippen molar-refractivity contribution in [3.63, 3.8) is 0 Å². The number of rotatable bonds is 1. The van der Waals surface area contributed by atoms with E-state index in [-0.39, 0.29) is 5.78 Å². The maximum Gasteiger partial charge on any atom is 0.345 e. The number of carbonyl (C=O) groups is 2. The molecule has 68 valence electrons. The van der Waals surface area contributed by atoms with Crippen LogP contribution in [0.5, 0.6) is 0 Å². The van der Waals surface area contributed by atoms with Gasteiger partial charge in [0, 0.05) is 17.7 Å². The molecule has 1 aliphatic rings. The van der Waals surface area contributed by atoms with Crippen LogP contribution in [-0.4, -0.2) is 16.9 Å². The highest BCUT2D eigenvalue weighted by molar-refractivity contribution is 7.14. The van der Waals surface area contributed by atoms with Crippen molar-refractivity contribution in [3.8, 4) is 0 Å². The number of aromatic carboxylic acids is 1. The van der Waals surface area contributed by atoms with Crippen LogP contribution in [0.1, 0.15) is 26.5 Å². The van der Waals surface area contributed by atoms with E-state index in [0.717, 1.165) is 10.4 Å². The number of Topliss-reactive ketones (excluding diaryl/α,β-unsaturated/α-hetero) is 1. The van der Waals surface area contributed by atoms with Gasteiger partial charge < -0.3 is 5.11 Å². The van der Waals surface area contributed by atoms with E-state index in [0.29, 0.717) is 24.1 Å². The zero-order chi connectivity index (χ0) is 9.42. The van der Waals surface area contributed by atoms with E-state index in [1.807, 2.05) is 0 Å². The van der Waals surface area contributed by atoms with Gasteiger partial charge in [0.15, 0.2) is 0 Å². The Labute approximate surface area is 79.0 Å². The molecule has 0 radical (unpaired) electrons. The van der Waals surface area contributed by atoms with Gasteiger partial charge in [0.05, 0.1) is 0 Å². The fourth-order valence-corrected chi connectivity index (χ4v) is 2.51. The van der Waals surface area contributed by atoms with Gasteiger partial charge >= 0.3 is 5.97 Å². The van der Waals surface area contributed by atoms with Gasteiger partial charge in [-0.15, -0.1) is 11.3 Å². The van der Waals surface area contributed by atoms with Crippen molar-refractivity contribution in [1.29, 1.82) is 0 Å². The largest absolute Gasteiger partial charge is 0.477 e. The fraction of sp³-hybridized carbons (Fsp3) is 0.333. The Morgan fingerprint density at radius 2 is 2.23 bits per heavy atom. The smallest absolute Gasteiger partial charge is 0.345 e. The van der Waals surface area contributed by atoms with Gasteiger partial charge in [-0.2, -0.15) is 0 Å². The van der Waals surface area contributed by atoms with Crippen molar-refractivity contribution in [1.82, 2.24) is 0 Å². The van der Waals surface area contributed by atoms with Gasteiger partial charge in [-0.25, -0.2) is 4.79 Å². The second-order valence-electron chi connectivity index (χ2n) is 3.08.